The van der Waals surface area contributed by atoms with Crippen LogP contribution in [0, 0.1) is 6.92 Å². The number of benzene rings is 1. The first-order valence-corrected chi connectivity index (χ1v) is 6.60. The zero-order chi connectivity index (χ0) is 11.1. The van der Waals surface area contributed by atoms with Gasteiger partial charge in [0.2, 0.25) is 0 Å². The second-order valence-electron chi connectivity index (χ2n) is 4.12. The predicted octanol–water partition coefficient (Wildman–Crippen LogP) is 3.48. The highest BCUT2D eigenvalue weighted by molar-refractivity contribution is 7.99. The Balaban J connectivity index is 2.12. The molecule has 0 aliphatic heterocycles. The minimum atomic E-state index is 0.606. The van der Waals surface area contributed by atoms with Gasteiger partial charge in [-0.15, -0.1) is 11.8 Å². The number of rotatable bonds is 6. The molecule has 0 radical (unpaired) electrons. The van der Waals surface area contributed by atoms with Gasteiger partial charge in [0.05, 0.1) is 0 Å². The highest BCUT2D eigenvalue weighted by Crippen LogP contribution is 2.18. The number of thioether (sulfide) groups is 1. The molecular formula is C13H21NS. The average molecular weight is 223 g/mol. The van der Waals surface area contributed by atoms with E-state index in [0.29, 0.717) is 6.04 Å². The van der Waals surface area contributed by atoms with E-state index in [9.17, 15) is 0 Å². The lowest BCUT2D eigenvalue weighted by Crippen LogP contribution is -2.23. The molecule has 0 heterocycles. The van der Waals surface area contributed by atoms with E-state index in [1.807, 2.05) is 11.8 Å². The molecular weight excluding hydrogens is 202 g/mol. The highest BCUT2D eigenvalue weighted by atomic mass is 32.2. The Labute approximate surface area is 97.7 Å². The third kappa shape index (κ3) is 5.85. The Morgan fingerprint density at radius 2 is 1.87 bits per heavy atom. The minimum absolute atomic E-state index is 0.606. The van der Waals surface area contributed by atoms with Gasteiger partial charge in [0.15, 0.2) is 0 Å². The van der Waals surface area contributed by atoms with Gasteiger partial charge in [0.1, 0.15) is 0 Å². The summed E-state index contributed by atoms with van der Waals surface area (Å²) in [5.74, 6) is 1.20. The van der Waals surface area contributed by atoms with Crippen LogP contribution in [0.1, 0.15) is 25.8 Å². The van der Waals surface area contributed by atoms with Crippen LogP contribution in [-0.2, 0) is 0 Å². The molecule has 0 spiro atoms. The standard InChI is InChI=1S/C13H21NS/c1-11(2)14-9-4-10-15-13-7-5-12(3)6-8-13/h5-8,11,14H,4,9-10H2,1-3H3. The fraction of sp³-hybridized carbons (Fsp3) is 0.538. The molecule has 0 fully saturated rings. The van der Waals surface area contributed by atoms with Crippen molar-refractivity contribution >= 4 is 11.8 Å². The van der Waals surface area contributed by atoms with Crippen LogP contribution < -0.4 is 5.32 Å². The fourth-order valence-electron chi connectivity index (χ4n) is 1.29. The van der Waals surface area contributed by atoms with Crippen molar-refractivity contribution in [1.29, 1.82) is 0 Å². The molecule has 0 aliphatic carbocycles. The number of aryl methyl sites for hydroxylation is 1. The summed E-state index contributed by atoms with van der Waals surface area (Å²) < 4.78 is 0. The van der Waals surface area contributed by atoms with E-state index in [1.165, 1.54) is 22.6 Å². The van der Waals surface area contributed by atoms with E-state index in [1.54, 1.807) is 0 Å². The van der Waals surface area contributed by atoms with Crippen LogP contribution >= 0.6 is 11.8 Å². The number of nitrogens with one attached hydrogen (secondary N) is 1. The molecule has 0 saturated heterocycles. The van der Waals surface area contributed by atoms with Crippen molar-refractivity contribution in [3.8, 4) is 0 Å². The normalized spacial score (nSPS) is 10.9. The molecule has 0 aromatic heterocycles. The van der Waals surface area contributed by atoms with Gasteiger partial charge in [-0.05, 0) is 37.8 Å². The summed E-state index contributed by atoms with van der Waals surface area (Å²) >= 11 is 1.94. The van der Waals surface area contributed by atoms with Crippen molar-refractivity contribution in [1.82, 2.24) is 5.32 Å². The van der Waals surface area contributed by atoms with Crippen molar-refractivity contribution < 1.29 is 0 Å². The molecule has 0 amide bonds. The summed E-state index contributed by atoms with van der Waals surface area (Å²) in [5, 5.41) is 3.43. The van der Waals surface area contributed by atoms with Gasteiger partial charge >= 0.3 is 0 Å². The maximum atomic E-state index is 3.43. The summed E-state index contributed by atoms with van der Waals surface area (Å²) in [6.45, 7) is 7.62. The smallest absolute Gasteiger partial charge is 0.00721 e. The molecule has 1 rings (SSSR count). The summed E-state index contributed by atoms with van der Waals surface area (Å²) in [6, 6.07) is 9.36. The van der Waals surface area contributed by atoms with Crippen molar-refractivity contribution in [2.24, 2.45) is 0 Å². The summed E-state index contributed by atoms with van der Waals surface area (Å²) in [4.78, 5) is 1.38. The Hall–Kier alpha value is -0.470. The Kier molecular flexibility index (Phi) is 5.81. The van der Waals surface area contributed by atoms with Gasteiger partial charge in [0.25, 0.3) is 0 Å². The molecule has 0 atom stereocenters. The average Bonchev–Trinajstić information content (AvgIpc) is 2.20. The van der Waals surface area contributed by atoms with Crippen molar-refractivity contribution in [2.75, 3.05) is 12.3 Å². The van der Waals surface area contributed by atoms with E-state index < -0.39 is 0 Å². The first kappa shape index (κ1) is 12.6. The first-order chi connectivity index (χ1) is 7.18. The van der Waals surface area contributed by atoms with E-state index in [-0.39, 0.29) is 0 Å². The van der Waals surface area contributed by atoms with Gasteiger partial charge in [-0.1, -0.05) is 31.5 Å². The van der Waals surface area contributed by atoms with Gasteiger partial charge < -0.3 is 5.32 Å². The van der Waals surface area contributed by atoms with Gasteiger partial charge in [-0.2, -0.15) is 0 Å². The molecule has 1 N–H and O–H groups in total. The SMILES string of the molecule is Cc1ccc(SCCCNC(C)C)cc1. The van der Waals surface area contributed by atoms with Gasteiger partial charge in [-0.3, -0.25) is 0 Å². The lowest BCUT2D eigenvalue weighted by atomic mass is 10.2. The quantitative estimate of drug-likeness (QED) is 0.585. The maximum Gasteiger partial charge on any atom is 0.00721 e. The van der Waals surface area contributed by atoms with Crippen molar-refractivity contribution in [3.63, 3.8) is 0 Å². The van der Waals surface area contributed by atoms with Crippen LogP contribution in [0.25, 0.3) is 0 Å². The predicted molar refractivity (Wildman–Crippen MR) is 69.7 cm³/mol. The third-order valence-corrected chi connectivity index (χ3v) is 3.26. The van der Waals surface area contributed by atoms with Crippen LogP contribution in [0.5, 0.6) is 0 Å². The van der Waals surface area contributed by atoms with E-state index in [0.717, 1.165) is 6.54 Å². The van der Waals surface area contributed by atoms with Crippen LogP contribution in [0.2, 0.25) is 0 Å². The lowest BCUT2D eigenvalue weighted by molar-refractivity contribution is 0.586. The summed E-state index contributed by atoms with van der Waals surface area (Å²) in [6.07, 6.45) is 1.23. The topological polar surface area (TPSA) is 12.0 Å². The second kappa shape index (κ2) is 6.91. The maximum absolute atomic E-state index is 3.43. The Morgan fingerprint density at radius 3 is 2.47 bits per heavy atom. The summed E-state index contributed by atoms with van der Waals surface area (Å²) in [5.41, 5.74) is 1.33. The molecule has 0 unspecified atom stereocenters. The number of hydrogen-bond donors (Lipinski definition) is 1. The molecule has 2 heteroatoms. The Morgan fingerprint density at radius 1 is 1.20 bits per heavy atom. The zero-order valence-corrected chi connectivity index (χ0v) is 10.7. The molecule has 0 aliphatic rings. The zero-order valence-electron chi connectivity index (χ0n) is 9.92. The first-order valence-electron chi connectivity index (χ1n) is 5.61. The largest absolute Gasteiger partial charge is 0.315 e. The van der Waals surface area contributed by atoms with Crippen LogP contribution in [0.15, 0.2) is 29.2 Å². The van der Waals surface area contributed by atoms with Crippen LogP contribution in [0.3, 0.4) is 0 Å². The molecule has 0 bridgehead atoms. The molecule has 1 nitrogen and oxygen atoms in total. The Bertz CT molecular complexity index is 266. The van der Waals surface area contributed by atoms with Crippen molar-refractivity contribution in [2.45, 2.75) is 38.1 Å². The van der Waals surface area contributed by atoms with E-state index >= 15 is 0 Å². The molecule has 15 heavy (non-hydrogen) atoms. The third-order valence-electron chi connectivity index (χ3n) is 2.16. The highest BCUT2D eigenvalue weighted by Gasteiger charge is 1.95. The lowest BCUT2D eigenvalue weighted by Gasteiger charge is -2.07. The number of hydrogen-bond acceptors (Lipinski definition) is 2. The van der Waals surface area contributed by atoms with Crippen LogP contribution in [-0.4, -0.2) is 18.3 Å². The van der Waals surface area contributed by atoms with E-state index in [4.69, 9.17) is 0 Å². The summed E-state index contributed by atoms with van der Waals surface area (Å²) in [7, 11) is 0. The monoisotopic (exact) mass is 223 g/mol. The van der Waals surface area contributed by atoms with Crippen LogP contribution in [0.4, 0.5) is 0 Å². The van der Waals surface area contributed by atoms with E-state index in [2.05, 4.69) is 50.4 Å². The fourth-order valence-corrected chi connectivity index (χ4v) is 2.14. The molecule has 0 saturated carbocycles. The molecule has 1 aromatic rings. The van der Waals surface area contributed by atoms with Crippen molar-refractivity contribution in [3.05, 3.63) is 29.8 Å². The second-order valence-corrected chi connectivity index (χ2v) is 5.29. The van der Waals surface area contributed by atoms with Gasteiger partial charge in [-0.25, -0.2) is 0 Å². The van der Waals surface area contributed by atoms with Gasteiger partial charge in [0, 0.05) is 10.9 Å². The minimum Gasteiger partial charge on any atom is -0.315 e. The molecule has 84 valence electrons. The molecule has 1 aromatic carbocycles.